The van der Waals surface area contributed by atoms with E-state index < -0.39 is 0 Å². The molecule has 0 N–H and O–H groups in total. The minimum absolute atomic E-state index is 0.197. The topological polar surface area (TPSA) is 19.4 Å². The van der Waals surface area contributed by atoms with Gasteiger partial charge in [0.05, 0.1) is 0 Å². The molecule has 6 nitrogen and oxygen atoms in total. The third-order valence-corrected chi connectivity index (χ3v) is 17.1. The van der Waals surface area contributed by atoms with Crippen molar-refractivity contribution in [2.75, 3.05) is 0 Å². The zero-order valence-electron chi connectivity index (χ0n) is 47.0. The highest BCUT2D eigenvalue weighted by Gasteiger charge is 2.26. The van der Waals surface area contributed by atoms with E-state index in [2.05, 4.69) is 47.6 Å². The summed E-state index contributed by atoms with van der Waals surface area (Å²) in [6.45, 7) is 4.83. The molecule has 9 aromatic rings. The Labute approximate surface area is 488 Å². The van der Waals surface area contributed by atoms with Gasteiger partial charge >= 0.3 is 0 Å². The van der Waals surface area contributed by atoms with Gasteiger partial charge in [0.25, 0.3) is 0 Å². The molecule has 7 aliphatic rings. The van der Waals surface area contributed by atoms with E-state index >= 15 is 26.3 Å². The maximum absolute atomic E-state index is 17.3. The van der Waals surface area contributed by atoms with Gasteiger partial charge in [0.1, 0.15) is 34.9 Å². The van der Waals surface area contributed by atoms with Crippen LogP contribution in [-0.2, 0) is 118 Å². The minimum Gasteiger partial charge on any atom is -0.290 e. The summed E-state index contributed by atoms with van der Waals surface area (Å²) in [5, 5.41) is 0. The number of hydrogen-bond donors (Lipinski definition) is 0. The lowest BCUT2D eigenvalue weighted by Gasteiger charge is -2.29. The highest BCUT2D eigenvalue weighted by atomic mass is 19.1. The molecule has 0 fully saturated rings. The van der Waals surface area contributed by atoms with Crippen LogP contribution in [0.15, 0.2) is 182 Å². The van der Waals surface area contributed by atoms with E-state index in [1.807, 2.05) is 91.0 Å². The summed E-state index contributed by atoms with van der Waals surface area (Å²) in [6.07, 6.45) is 0. The second kappa shape index (κ2) is 24.5. The smallest absolute Gasteiger partial charge is 0.132 e. The Balaban J connectivity index is 0.907. The molecule has 16 rings (SSSR count). The van der Waals surface area contributed by atoms with E-state index in [1.165, 1.54) is 0 Å². The first-order valence-corrected chi connectivity index (χ1v) is 29.1. The monoisotopic (exact) mass is 1130 g/mol. The Kier molecular flexibility index (Phi) is 16.2. The van der Waals surface area contributed by atoms with Gasteiger partial charge in [0, 0.05) is 185 Å². The van der Waals surface area contributed by atoms with Gasteiger partial charge in [0.2, 0.25) is 0 Å². The molecule has 0 radical (unpaired) electrons. The summed E-state index contributed by atoms with van der Waals surface area (Å²) < 4.78 is 103. The molecule has 426 valence electrons. The van der Waals surface area contributed by atoms with Crippen LogP contribution in [-0.4, -0.2) is 29.4 Å². The summed E-state index contributed by atoms with van der Waals surface area (Å²) in [7, 11) is 0. The van der Waals surface area contributed by atoms with Gasteiger partial charge in [-0.1, -0.05) is 182 Å². The quantitative estimate of drug-likeness (QED) is 0.140. The first kappa shape index (κ1) is 55.5. The Hall–Kier alpha value is -7.68. The van der Waals surface area contributed by atoms with Crippen molar-refractivity contribution < 1.29 is 26.3 Å². The maximum Gasteiger partial charge on any atom is 0.132 e. The van der Waals surface area contributed by atoms with Gasteiger partial charge in [-0.3, -0.25) is 29.4 Å². The predicted octanol–water partition coefficient (Wildman–Crippen LogP) is 15.0. The van der Waals surface area contributed by atoms with Crippen LogP contribution in [0.2, 0.25) is 0 Å². The van der Waals surface area contributed by atoms with E-state index in [4.69, 9.17) is 0 Å². The van der Waals surface area contributed by atoms with Crippen LogP contribution >= 0.6 is 0 Å². The molecule has 9 aromatic carbocycles. The van der Waals surface area contributed by atoms with Gasteiger partial charge in [-0.2, -0.15) is 0 Å². The molecule has 0 atom stereocenters. The zero-order valence-corrected chi connectivity index (χ0v) is 47.0. The minimum atomic E-state index is -0.357. The third-order valence-electron chi connectivity index (χ3n) is 17.1. The van der Waals surface area contributed by atoms with Crippen LogP contribution in [0.25, 0.3) is 0 Å². The summed E-state index contributed by atoms with van der Waals surface area (Å²) in [5.41, 5.74) is 11.5. The van der Waals surface area contributed by atoms with E-state index in [0.717, 1.165) is 33.4 Å². The van der Waals surface area contributed by atoms with Crippen molar-refractivity contribution in [2.45, 2.75) is 118 Å². The fraction of sp³-hybridized carbons (Fsp3) is 0.250. The molecule has 0 unspecified atom stereocenters. The normalized spacial score (nSPS) is 21.1. The Morgan fingerprint density at radius 1 is 0.167 bits per heavy atom. The van der Waals surface area contributed by atoms with Crippen LogP contribution in [0, 0.1) is 34.9 Å². The molecule has 0 spiro atoms. The summed E-state index contributed by atoms with van der Waals surface area (Å²) in [5.74, 6) is -2.12. The van der Waals surface area contributed by atoms with Gasteiger partial charge in [-0.05, 0) is 33.4 Å². The van der Waals surface area contributed by atoms with E-state index in [0.29, 0.717) is 106 Å². The lowest BCUT2D eigenvalue weighted by molar-refractivity contribution is 0.222. The van der Waals surface area contributed by atoms with Crippen LogP contribution in [0.4, 0.5) is 26.3 Å². The summed E-state index contributed by atoms with van der Waals surface area (Å²) in [6, 6.07) is 57.2. The number of benzene rings is 9. The van der Waals surface area contributed by atoms with E-state index in [-0.39, 0.29) is 113 Å². The van der Waals surface area contributed by atoms with Crippen molar-refractivity contribution in [3.05, 3.63) is 317 Å². The second-order valence-electron chi connectivity index (χ2n) is 23.7. The molecule has 0 aliphatic carbocycles. The fourth-order valence-corrected chi connectivity index (χ4v) is 13.2. The number of halogens is 6. The third kappa shape index (κ3) is 12.6. The number of rotatable bonds is 0. The van der Waals surface area contributed by atoms with E-state index in [1.54, 1.807) is 72.8 Å². The highest BCUT2D eigenvalue weighted by Crippen LogP contribution is 2.31. The van der Waals surface area contributed by atoms with E-state index in [9.17, 15) is 0 Å². The van der Waals surface area contributed by atoms with Gasteiger partial charge < -0.3 is 0 Å². The number of nitrogens with zero attached hydrogens (tertiary/aromatic N) is 6. The SMILES string of the molecule is Fc1c2cccc1CN1Cc3cccc(c3)CN(C2)Cc2cccc(c2F)CN2Cc3cccc(c3)CN(Cc3cccc(c3F)C2)Cc2cccc(c2F)CN2Cc3cccc(c3)CN(Cc3cccc(c3F)C2)Cc2cccc(c2F)C1. The molecular weight excluding hydrogens is 1060 g/mol. The van der Waals surface area contributed by atoms with Crippen molar-refractivity contribution in [3.63, 3.8) is 0 Å². The molecule has 0 saturated heterocycles. The van der Waals surface area contributed by atoms with Crippen molar-refractivity contribution >= 4 is 0 Å². The molecular formula is C72H66F6N6. The average molecular weight is 1130 g/mol. The Morgan fingerprint density at radius 2 is 0.286 bits per heavy atom. The maximum atomic E-state index is 17.3. The van der Waals surface area contributed by atoms with Crippen molar-refractivity contribution in [2.24, 2.45) is 0 Å². The number of hydrogen-bond acceptors (Lipinski definition) is 6. The molecule has 0 amide bonds. The fourth-order valence-electron chi connectivity index (χ4n) is 13.2. The van der Waals surface area contributed by atoms with Crippen LogP contribution in [0.5, 0.6) is 0 Å². The highest BCUT2D eigenvalue weighted by molar-refractivity contribution is 5.36. The van der Waals surface area contributed by atoms with Crippen LogP contribution in [0.3, 0.4) is 0 Å². The summed E-state index contributed by atoms with van der Waals surface area (Å²) >= 11 is 0. The average Bonchev–Trinajstić information content (AvgIpc) is 3.61. The van der Waals surface area contributed by atoms with Crippen LogP contribution in [0.1, 0.15) is 100 Å². The molecule has 24 bridgehead atoms. The van der Waals surface area contributed by atoms with Crippen LogP contribution < -0.4 is 0 Å². The first-order valence-electron chi connectivity index (χ1n) is 29.1. The molecule has 0 saturated carbocycles. The molecule has 7 heterocycles. The standard InChI is InChI=1S/C72H66F6N6/c73-67-55-16-4-17-56(67)38-80-32-50-11-1-10-49(28-50)31-79(37-55)43-61-22-7-24-63(70(61)76)45-81-33-51-12-2-14-53(29-51)35-83(41-59-20-5-18-57(39-81)68(59)74)47-65-26-9-27-66(72(65)78)48-84-36-54-15-3-13-52(30-54)34-82(40-58-19-6-21-60(42-84)69(58)75)46-64-25-8-23-62(44-80)71(64)77/h1-30H,31-48H2. The van der Waals surface area contributed by atoms with Gasteiger partial charge in [0.15, 0.2) is 0 Å². The molecule has 7 aliphatic heterocycles. The molecule has 0 aromatic heterocycles. The molecule has 84 heavy (non-hydrogen) atoms. The second-order valence-corrected chi connectivity index (χ2v) is 23.7. The van der Waals surface area contributed by atoms with Crippen molar-refractivity contribution in [1.82, 2.24) is 29.4 Å². The zero-order chi connectivity index (χ0) is 57.3. The largest absolute Gasteiger partial charge is 0.290 e. The van der Waals surface area contributed by atoms with Crippen molar-refractivity contribution in [1.29, 1.82) is 0 Å². The lowest BCUT2D eigenvalue weighted by atomic mass is 10.0. The molecule has 12 heteroatoms. The van der Waals surface area contributed by atoms with Gasteiger partial charge in [-0.25, -0.2) is 26.3 Å². The summed E-state index contributed by atoms with van der Waals surface area (Å²) in [4.78, 5) is 12.4. The first-order chi connectivity index (χ1) is 41.0. The van der Waals surface area contributed by atoms with Gasteiger partial charge in [-0.15, -0.1) is 0 Å². The van der Waals surface area contributed by atoms with Crippen molar-refractivity contribution in [3.8, 4) is 0 Å². The lowest BCUT2D eigenvalue weighted by Crippen LogP contribution is -2.28. The Bertz CT molecular complexity index is 3280. The Morgan fingerprint density at radius 3 is 0.417 bits per heavy atom. The predicted molar refractivity (Wildman–Crippen MR) is 315 cm³/mol.